The number of benzene rings is 2. The van der Waals surface area contributed by atoms with Crippen LogP contribution in [0.4, 0.5) is 5.69 Å². The smallest absolute Gasteiger partial charge is 0.251 e. The van der Waals surface area contributed by atoms with Gasteiger partial charge in [0, 0.05) is 23.4 Å². The second kappa shape index (κ2) is 7.97. The Kier molecular flexibility index (Phi) is 5.49. The predicted octanol–water partition coefficient (Wildman–Crippen LogP) is 1.34. The molecule has 126 valence electrons. The molecule has 3 rings (SSSR count). The maximum absolute atomic E-state index is 11.8. The number of piperazine rings is 1. The van der Waals surface area contributed by atoms with Gasteiger partial charge in [0.05, 0.1) is 26.2 Å². The van der Waals surface area contributed by atoms with Crippen LogP contribution in [-0.2, 0) is 6.54 Å². The number of nitrogens with one attached hydrogen (secondary N) is 2. The lowest BCUT2D eigenvalue weighted by atomic mass is 10.1. The van der Waals surface area contributed by atoms with Crippen molar-refractivity contribution in [2.45, 2.75) is 13.5 Å². The number of carbonyl (C=O) groups is 1. The number of hydrogen-bond acceptors (Lipinski definition) is 2. The molecule has 24 heavy (non-hydrogen) atoms. The fraction of sp³-hybridized carbons (Fsp3) is 0.350. The summed E-state index contributed by atoms with van der Waals surface area (Å²) in [5.41, 5.74) is 3.36. The van der Waals surface area contributed by atoms with Crippen molar-refractivity contribution in [2.75, 3.05) is 37.6 Å². The predicted molar refractivity (Wildman–Crippen MR) is 97.5 cm³/mol. The van der Waals surface area contributed by atoms with Crippen LogP contribution in [0.25, 0.3) is 0 Å². The van der Waals surface area contributed by atoms with E-state index in [0.29, 0.717) is 6.54 Å². The Morgan fingerprint density at radius 2 is 1.71 bits per heavy atom. The quantitative estimate of drug-likeness (QED) is 0.871. The molecule has 1 fully saturated rings. The van der Waals surface area contributed by atoms with Gasteiger partial charge in [0.15, 0.2) is 0 Å². The molecule has 1 aliphatic rings. The Morgan fingerprint density at radius 3 is 2.33 bits per heavy atom. The van der Waals surface area contributed by atoms with E-state index < -0.39 is 0 Å². The fourth-order valence-electron chi connectivity index (χ4n) is 3.22. The van der Waals surface area contributed by atoms with Crippen molar-refractivity contribution in [1.82, 2.24) is 5.32 Å². The molecule has 2 N–H and O–H groups in total. The maximum Gasteiger partial charge on any atom is 0.251 e. The number of para-hydroxylation sites is 1. The van der Waals surface area contributed by atoms with Gasteiger partial charge < -0.3 is 15.1 Å². The van der Waals surface area contributed by atoms with Crippen LogP contribution in [0, 0.1) is 0 Å². The molecule has 0 saturated carbocycles. The Balaban J connectivity index is 1.52. The zero-order valence-electron chi connectivity index (χ0n) is 14.3. The molecule has 2 aromatic rings. The average Bonchev–Trinajstić information content (AvgIpc) is 2.64. The number of hydrogen-bond donors (Lipinski definition) is 2. The average molecular weight is 324 g/mol. The minimum Gasteiger partial charge on any atom is -0.360 e. The fourth-order valence-corrected chi connectivity index (χ4v) is 3.22. The molecule has 1 amide bonds. The molecule has 4 nitrogen and oxygen atoms in total. The van der Waals surface area contributed by atoms with Crippen LogP contribution < -0.4 is 15.1 Å². The summed E-state index contributed by atoms with van der Waals surface area (Å²) in [5.74, 6) is 0.00729. The van der Waals surface area contributed by atoms with Crippen molar-refractivity contribution >= 4 is 11.6 Å². The first-order valence-electron chi connectivity index (χ1n) is 8.77. The first-order chi connectivity index (χ1) is 11.8. The van der Waals surface area contributed by atoms with Gasteiger partial charge in [0.1, 0.15) is 6.54 Å². The van der Waals surface area contributed by atoms with Crippen LogP contribution >= 0.6 is 0 Å². The van der Waals surface area contributed by atoms with E-state index in [0.717, 1.165) is 38.3 Å². The van der Waals surface area contributed by atoms with Crippen LogP contribution in [0.5, 0.6) is 0 Å². The zero-order chi connectivity index (χ0) is 16.8. The number of quaternary nitrogens is 1. The highest BCUT2D eigenvalue weighted by Crippen LogP contribution is 2.12. The lowest BCUT2D eigenvalue weighted by Gasteiger charge is -2.33. The number of rotatable bonds is 5. The molecule has 2 aromatic carbocycles. The van der Waals surface area contributed by atoms with Gasteiger partial charge in [-0.3, -0.25) is 4.79 Å². The molecular formula is C20H26N3O+. The molecule has 0 aromatic heterocycles. The summed E-state index contributed by atoms with van der Waals surface area (Å²) in [5, 5.41) is 2.83. The van der Waals surface area contributed by atoms with E-state index in [9.17, 15) is 4.79 Å². The monoisotopic (exact) mass is 324 g/mol. The molecule has 0 aliphatic carbocycles. The van der Waals surface area contributed by atoms with Gasteiger partial charge in [-0.05, 0) is 31.2 Å². The van der Waals surface area contributed by atoms with Gasteiger partial charge in [-0.15, -0.1) is 0 Å². The first-order valence-corrected chi connectivity index (χ1v) is 8.77. The number of nitrogens with zero attached hydrogens (tertiary/aromatic N) is 1. The molecule has 1 saturated heterocycles. The van der Waals surface area contributed by atoms with Crippen molar-refractivity contribution in [1.29, 1.82) is 0 Å². The normalized spacial score (nSPS) is 15.3. The molecule has 0 radical (unpaired) electrons. The standard InChI is InChI=1S/C20H25N3O/c1-2-21-20(24)18-10-8-17(9-11-18)16-22-12-14-23(15-13-22)19-6-4-3-5-7-19/h3-11H,2,12-16H2,1H3,(H,21,24)/p+1. The summed E-state index contributed by atoms with van der Waals surface area (Å²) < 4.78 is 0. The number of anilines is 1. The molecule has 4 heteroatoms. The first kappa shape index (κ1) is 16.5. The Labute approximate surface area is 144 Å². The Morgan fingerprint density at radius 1 is 1.04 bits per heavy atom. The summed E-state index contributed by atoms with van der Waals surface area (Å²) in [6.45, 7) is 8.10. The molecule has 0 bridgehead atoms. The lowest BCUT2D eigenvalue weighted by molar-refractivity contribution is -0.914. The van der Waals surface area contributed by atoms with Gasteiger partial charge in [-0.25, -0.2) is 0 Å². The highest BCUT2D eigenvalue weighted by Gasteiger charge is 2.20. The maximum atomic E-state index is 11.8. The van der Waals surface area contributed by atoms with Crippen LogP contribution in [0.3, 0.4) is 0 Å². The SMILES string of the molecule is CCNC(=O)c1ccc(C[NH+]2CCN(c3ccccc3)CC2)cc1. The van der Waals surface area contributed by atoms with Gasteiger partial charge in [0.2, 0.25) is 0 Å². The summed E-state index contributed by atoms with van der Waals surface area (Å²) >= 11 is 0. The largest absolute Gasteiger partial charge is 0.360 e. The summed E-state index contributed by atoms with van der Waals surface area (Å²) in [7, 11) is 0. The molecule has 0 spiro atoms. The molecule has 1 aliphatic heterocycles. The second-order valence-electron chi connectivity index (χ2n) is 6.31. The summed E-state index contributed by atoms with van der Waals surface area (Å²) in [6.07, 6.45) is 0. The second-order valence-corrected chi connectivity index (χ2v) is 6.31. The van der Waals surface area contributed by atoms with Crippen LogP contribution in [0.15, 0.2) is 54.6 Å². The molecule has 1 heterocycles. The molecule has 0 unspecified atom stereocenters. The van der Waals surface area contributed by atoms with E-state index >= 15 is 0 Å². The lowest BCUT2D eigenvalue weighted by Crippen LogP contribution is -3.13. The Bertz CT molecular complexity index is 646. The van der Waals surface area contributed by atoms with E-state index in [1.807, 2.05) is 19.1 Å². The topological polar surface area (TPSA) is 36.8 Å². The van der Waals surface area contributed by atoms with Crippen molar-refractivity contribution in [2.24, 2.45) is 0 Å². The van der Waals surface area contributed by atoms with Gasteiger partial charge >= 0.3 is 0 Å². The Hall–Kier alpha value is -2.33. The third-order valence-electron chi connectivity index (χ3n) is 4.60. The van der Waals surface area contributed by atoms with Crippen molar-refractivity contribution in [3.05, 3.63) is 65.7 Å². The van der Waals surface area contributed by atoms with Crippen molar-refractivity contribution < 1.29 is 9.69 Å². The van der Waals surface area contributed by atoms with Gasteiger partial charge in [0.25, 0.3) is 5.91 Å². The zero-order valence-corrected chi connectivity index (χ0v) is 14.3. The van der Waals surface area contributed by atoms with Crippen LogP contribution in [0.2, 0.25) is 0 Å². The third-order valence-corrected chi connectivity index (χ3v) is 4.60. The van der Waals surface area contributed by atoms with E-state index in [2.05, 4.69) is 52.7 Å². The third kappa shape index (κ3) is 4.15. The highest BCUT2D eigenvalue weighted by molar-refractivity contribution is 5.94. The van der Waals surface area contributed by atoms with E-state index in [1.165, 1.54) is 11.3 Å². The number of amides is 1. The van der Waals surface area contributed by atoms with Gasteiger partial charge in [-0.2, -0.15) is 0 Å². The van der Waals surface area contributed by atoms with Gasteiger partial charge in [-0.1, -0.05) is 30.3 Å². The van der Waals surface area contributed by atoms with E-state index in [1.54, 1.807) is 4.90 Å². The number of carbonyl (C=O) groups excluding carboxylic acids is 1. The van der Waals surface area contributed by atoms with Crippen LogP contribution in [0.1, 0.15) is 22.8 Å². The molecule has 0 atom stereocenters. The summed E-state index contributed by atoms with van der Waals surface area (Å²) in [4.78, 5) is 15.9. The minimum absolute atomic E-state index is 0.00729. The van der Waals surface area contributed by atoms with E-state index in [4.69, 9.17) is 0 Å². The summed E-state index contributed by atoms with van der Waals surface area (Å²) in [6, 6.07) is 18.7. The highest BCUT2D eigenvalue weighted by atomic mass is 16.1. The molecular weight excluding hydrogens is 298 g/mol. The van der Waals surface area contributed by atoms with Crippen molar-refractivity contribution in [3.8, 4) is 0 Å². The van der Waals surface area contributed by atoms with Crippen molar-refractivity contribution in [3.63, 3.8) is 0 Å². The van der Waals surface area contributed by atoms with E-state index in [-0.39, 0.29) is 5.91 Å². The minimum atomic E-state index is 0.00729. The van der Waals surface area contributed by atoms with Crippen LogP contribution in [-0.4, -0.2) is 38.6 Å².